The molecule has 0 bridgehead atoms. The van der Waals surface area contributed by atoms with Crippen LogP contribution in [0, 0.1) is 0 Å². The molecule has 1 aromatic rings. The summed E-state index contributed by atoms with van der Waals surface area (Å²) in [5, 5.41) is 14.3. The molecule has 0 amide bonds. The van der Waals surface area contributed by atoms with E-state index < -0.39 is 5.97 Å². The third-order valence-corrected chi connectivity index (χ3v) is 4.31. The Kier molecular flexibility index (Phi) is 5.30. The number of nitrogens with zero attached hydrogens (tertiary/aromatic N) is 2. The molecule has 0 saturated carbocycles. The summed E-state index contributed by atoms with van der Waals surface area (Å²) in [6.07, 6.45) is 3.54. The minimum Gasteiger partial charge on any atom is -0.476 e. The lowest BCUT2D eigenvalue weighted by Crippen LogP contribution is -2.42. The molecule has 1 aromatic heterocycles. The number of aromatic carboxylic acids is 1. The summed E-state index contributed by atoms with van der Waals surface area (Å²) in [7, 11) is 0. The lowest BCUT2D eigenvalue weighted by atomic mass is 10.0. The Morgan fingerprint density at radius 2 is 2.32 bits per heavy atom. The van der Waals surface area contributed by atoms with E-state index in [1.807, 2.05) is 5.38 Å². The maximum atomic E-state index is 10.7. The number of hydrogen-bond acceptors (Lipinski definition) is 5. The number of carbonyl (C=O) groups is 1. The zero-order valence-corrected chi connectivity index (χ0v) is 12.1. The molecule has 0 aliphatic carbocycles. The average Bonchev–Trinajstić information content (AvgIpc) is 2.87. The van der Waals surface area contributed by atoms with Crippen molar-refractivity contribution in [3.05, 3.63) is 16.1 Å². The van der Waals surface area contributed by atoms with Crippen molar-refractivity contribution in [3.63, 3.8) is 0 Å². The van der Waals surface area contributed by atoms with Crippen molar-refractivity contribution in [2.45, 2.75) is 38.8 Å². The minimum atomic E-state index is -0.941. The molecule has 2 rings (SSSR count). The Hall–Kier alpha value is -0.980. The van der Waals surface area contributed by atoms with E-state index >= 15 is 0 Å². The van der Waals surface area contributed by atoms with Gasteiger partial charge >= 0.3 is 5.97 Å². The number of aromatic nitrogens is 1. The first-order valence-electron chi connectivity index (χ1n) is 6.82. The summed E-state index contributed by atoms with van der Waals surface area (Å²) >= 11 is 1.19. The first-order chi connectivity index (χ1) is 9.19. The van der Waals surface area contributed by atoms with E-state index in [9.17, 15) is 4.79 Å². The zero-order valence-electron chi connectivity index (χ0n) is 11.3. The van der Waals surface area contributed by atoms with Crippen molar-refractivity contribution < 1.29 is 9.90 Å². The Morgan fingerprint density at radius 1 is 1.58 bits per heavy atom. The zero-order chi connectivity index (χ0) is 13.7. The first-order valence-corrected chi connectivity index (χ1v) is 7.70. The van der Waals surface area contributed by atoms with Gasteiger partial charge in [0.05, 0.1) is 5.69 Å². The summed E-state index contributed by atoms with van der Waals surface area (Å²) in [4.78, 5) is 17.3. The molecular formula is C13H21N3O2S. The standard InChI is InChI=1S/C13H21N3O2S/c1-2-5-16-6-3-10(4-7-16)14-8-11-9-19-12(15-11)13(17)18/h9-10,14H,2-8H2,1H3,(H,17,18). The molecule has 1 fully saturated rings. The maximum absolute atomic E-state index is 10.7. The molecule has 1 aliphatic heterocycles. The second kappa shape index (κ2) is 6.98. The van der Waals surface area contributed by atoms with E-state index in [0.29, 0.717) is 12.6 Å². The van der Waals surface area contributed by atoms with Crippen molar-refractivity contribution in [1.29, 1.82) is 0 Å². The van der Waals surface area contributed by atoms with Crippen LogP contribution in [0.3, 0.4) is 0 Å². The normalized spacial score (nSPS) is 17.7. The van der Waals surface area contributed by atoms with E-state index in [0.717, 1.165) is 31.6 Å². The van der Waals surface area contributed by atoms with Crippen LogP contribution in [-0.4, -0.2) is 46.6 Å². The van der Waals surface area contributed by atoms with Gasteiger partial charge in [-0.05, 0) is 38.9 Å². The number of likely N-dealkylation sites (tertiary alicyclic amines) is 1. The highest BCUT2D eigenvalue weighted by atomic mass is 32.1. The summed E-state index contributed by atoms with van der Waals surface area (Å²) < 4.78 is 0. The molecule has 0 atom stereocenters. The van der Waals surface area contributed by atoms with Crippen molar-refractivity contribution in [2.24, 2.45) is 0 Å². The van der Waals surface area contributed by atoms with Gasteiger partial charge < -0.3 is 15.3 Å². The number of nitrogens with one attached hydrogen (secondary N) is 1. The highest BCUT2D eigenvalue weighted by molar-refractivity contribution is 7.11. The van der Waals surface area contributed by atoms with E-state index in [2.05, 4.69) is 22.1 Å². The summed E-state index contributed by atoms with van der Waals surface area (Å²) in [6, 6.07) is 0.531. The van der Waals surface area contributed by atoms with Crippen LogP contribution in [0.15, 0.2) is 5.38 Å². The van der Waals surface area contributed by atoms with Gasteiger partial charge in [0, 0.05) is 18.0 Å². The SMILES string of the molecule is CCCN1CCC(NCc2csc(C(=O)O)n2)CC1. The lowest BCUT2D eigenvalue weighted by Gasteiger charge is -2.32. The fourth-order valence-electron chi connectivity index (χ4n) is 2.41. The number of piperidine rings is 1. The fraction of sp³-hybridized carbons (Fsp3) is 0.692. The van der Waals surface area contributed by atoms with Gasteiger partial charge in [-0.3, -0.25) is 0 Å². The summed E-state index contributed by atoms with van der Waals surface area (Å²) in [6.45, 7) is 6.39. The van der Waals surface area contributed by atoms with Crippen molar-refractivity contribution in [1.82, 2.24) is 15.2 Å². The largest absolute Gasteiger partial charge is 0.476 e. The predicted octanol–water partition coefficient (Wildman–Crippen LogP) is 1.81. The van der Waals surface area contributed by atoms with Gasteiger partial charge in [0.15, 0.2) is 0 Å². The molecule has 0 unspecified atom stereocenters. The van der Waals surface area contributed by atoms with Crippen molar-refractivity contribution >= 4 is 17.3 Å². The number of thiazole rings is 1. The summed E-state index contributed by atoms with van der Waals surface area (Å²) in [5.41, 5.74) is 0.832. The van der Waals surface area contributed by atoms with Crippen molar-refractivity contribution in [3.8, 4) is 0 Å². The fourth-order valence-corrected chi connectivity index (χ4v) is 3.07. The molecule has 106 valence electrons. The first kappa shape index (κ1) is 14.4. The van der Waals surface area contributed by atoms with Crippen LogP contribution in [0.5, 0.6) is 0 Å². The minimum absolute atomic E-state index is 0.176. The molecule has 0 radical (unpaired) electrons. The van der Waals surface area contributed by atoms with Gasteiger partial charge in [0.1, 0.15) is 0 Å². The highest BCUT2D eigenvalue weighted by Crippen LogP contribution is 2.13. The molecule has 6 heteroatoms. The molecule has 5 nitrogen and oxygen atoms in total. The molecule has 2 N–H and O–H groups in total. The van der Waals surface area contributed by atoms with Gasteiger partial charge in [-0.15, -0.1) is 11.3 Å². The molecular weight excluding hydrogens is 262 g/mol. The summed E-state index contributed by atoms with van der Waals surface area (Å²) in [5.74, 6) is -0.941. The van der Waals surface area contributed by atoms with Gasteiger partial charge in [0.25, 0.3) is 0 Å². The molecule has 1 saturated heterocycles. The van der Waals surface area contributed by atoms with Crippen LogP contribution in [0.4, 0.5) is 0 Å². The van der Waals surface area contributed by atoms with Crippen LogP contribution < -0.4 is 5.32 Å². The number of rotatable bonds is 6. The number of carboxylic acids is 1. The average molecular weight is 283 g/mol. The third kappa shape index (κ3) is 4.26. The van der Waals surface area contributed by atoms with E-state index in [4.69, 9.17) is 5.11 Å². The quantitative estimate of drug-likeness (QED) is 0.833. The molecule has 0 aromatic carbocycles. The molecule has 19 heavy (non-hydrogen) atoms. The molecule has 0 spiro atoms. The van der Waals surface area contributed by atoms with E-state index in [1.54, 1.807) is 0 Å². The van der Waals surface area contributed by atoms with Gasteiger partial charge in [-0.2, -0.15) is 0 Å². The Balaban J connectivity index is 1.72. The second-order valence-electron chi connectivity index (χ2n) is 4.95. The van der Waals surface area contributed by atoms with Gasteiger partial charge in [0.2, 0.25) is 5.01 Å². The van der Waals surface area contributed by atoms with Crippen LogP contribution in [0.2, 0.25) is 0 Å². The maximum Gasteiger partial charge on any atom is 0.365 e. The highest BCUT2D eigenvalue weighted by Gasteiger charge is 2.18. The van der Waals surface area contributed by atoms with Crippen LogP contribution >= 0.6 is 11.3 Å². The van der Waals surface area contributed by atoms with E-state index in [-0.39, 0.29) is 5.01 Å². The predicted molar refractivity (Wildman–Crippen MR) is 75.7 cm³/mol. The Labute approximate surface area is 117 Å². The lowest BCUT2D eigenvalue weighted by molar-refractivity contribution is 0.0696. The van der Waals surface area contributed by atoms with Crippen LogP contribution in [-0.2, 0) is 6.54 Å². The smallest absolute Gasteiger partial charge is 0.365 e. The second-order valence-corrected chi connectivity index (χ2v) is 5.80. The molecule has 2 heterocycles. The topological polar surface area (TPSA) is 65.5 Å². The Bertz CT molecular complexity index is 414. The van der Waals surface area contributed by atoms with Crippen LogP contribution in [0.25, 0.3) is 0 Å². The molecule has 1 aliphatic rings. The third-order valence-electron chi connectivity index (χ3n) is 3.43. The number of hydrogen-bond donors (Lipinski definition) is 2. The van der Waals surface area contributed by atoms with Crippen molar-refractivity contribution in [2.75, 3.05) is 19.6 Å². The van der Waals surface area contributed by atoms with Crippen LogP contribution in [0.1, 0.15) is 41.7 Å². The van der Waals surface area contributed by atoms with E-state index in [1.165, 1.54) is 24.3 Å². The van der Waals surface area contributed by atoms with Gasteiger partial charge in [-0.1, -0.05) is 6.92 Å². The number of carboxylic acid groups (broad SMARTS) is 1. The monoisotopic (exact) mass is 283 g/mol. The Morgan fingerprint density at radius 3 is 2.89 bits per heavy atom. The van der Waals surface area contributed by atoms with Gasteiger partial charge in [-0.25, -0.2) is 9.78 Å².